The van der Waals surface area contributed by atoms with Gasteiger partial charge in [-0.1, -0.05) is 20.3 Å². The number of imide groups is 1. The molecule has 0 saturated carbocycles. The van der Waals surface area contributed by atoms with Gasteiger partial charge in [-0.25, -0.2) is 4.79 Å². The summed E-state index contributed by atoms with van der Waals surface area (Å²) < 4.78 is 0. The van der Waals surface area contributed by atoms with Gasteiger partial charge in [-0.05, 0) is 18.8 Å². The van der Waals surface area contributed by atoms with Gasteiger partial charge in [-0.3, -0.25) is 9.69 Å². The van der Waals surface area contributed by atoms with Gasteiger partial charge in [0.1, 0.15) is 0 Å². The maximum atomic E-state index is 11.7. The first kappa shape index (κ1) is 12.0. The van der Waals surface area contributed by atoms with Gasteiger partial charge in [0, 0.05) is 19.5 Å². The molecule has 1 aliphatic heterocycles. The number of hydrogen-bond donors (Lipinski definition) is 1. The minimum atomic E-state index is -0.226. The quantitative estimate of drug-likeness (QED) is 0.758. The zero-order valence-electron chi connectivity index (χ0n) is 9.58. The van der Waals surface area contributed by atoms with Crippen molar-refractivity contribution < 1.29 is 9.59 Å². The van der Waals surface area contributed by atoms with E-state index in [1.165, 1.54) is 4.90 Å². The van der Waals surface area contributed by atoms with Crippen molar-refractivity contribution in [2.45, 2.75) is 39.5 Å². The molecule has 0 aromatic carbocycles. The molecule has 3 amide bonds. The van der Waals surface area contributed by atoms with E-state index in [4.69, 9.17) is 0 Å². The van der Waals surface area contributed by atoms with Gasteiger partial charge < -0.3 is 5.32 Å². The van der Waals surface area contributed by atoms with Crippen molar-refractivity contribution in [1.82, 2.24) is 10.2 Å². The first-order valence-corrected chi connectivity index (χ1v) is 5.69. The maximum Gasteiger partial charge on any atom is 0.324 e. The third kappa shape index (κ3) is 3.90. The van der Waals surface area contributed by atoms with E-state index in [0.29, 0.717) is 25.4 Å². The van der Waals surface area contributed by atoms with Gasteiger partial charge in [-0.15, -0.1) is 0 Å². The Balaban J connectivity index is 2.45. The molecule has 4 heteroatoms. The molecule has 1 saturated heterocycles. The monoisotopic (exact) mass is 212 g/mol. The molecular weight excluding hydrogens is 192 g/mol. The molecule has 4 nitrogen and oxygen atoms in total. The molecule has 0 atom stereocenters. The van der Waals surface area contributed by atoms with Crippen molar-refractivity contribution in [2.24, 2.45) is 5.92 Å². The standard InChI is InChI=1S/C11H20N2O2/c1-9(2)8-12-11(15)13-7-5-3-4-6-10(13)14/h9H,3-8H2,1-2H3,(H,12,15). The van der Waals surface area contributed by atoms with Crippen LogP contribution in [0.1, 0.15) is 39.5 Å². The van der Waals surface area contributed by atoms with Crippen LogP contribution in [0, 0.1) is 5.92 Å². The summed E-state index contributed by atoms with van der Waals surface area (Å²) >= 11 is 0. The van der Waals surface area contributed by atoms with E-state index in [-0.39, 0.29) is 11.9 Å². The fraction of sp³-hybridized carbons (Fsp3) is 0.818. The summed E-state index contributed by atoms with van der Waals surface area (Å²) in [5.41, 5.74) is 0. The average Bonchev–Trinajstić information content (AvgIpc) is 2.39. The highest BCUT2D eigenvalue weighted by molar-refractivity contribution is 5.94. The van der Waals surface area contributed by atoms with Crippen molar-refractivity contribution in [3.8, 4) is 0 Å². The number of amides is 3. The molecule has 1 fully saturated rings. The summed E-state index contributed by atoms with van der Waals surface area (Å²) in [6.45, 7) is 5.26. The van der Waals surface area contributed by atoms with Gasteiger partial charge in [-0.2, -0.15) is 0 Å². The largest absolute Gasteiger partial charge is 0.337 e. The third-order valence-corrected chi connectivity index (χ3v) is 2.48. The van der Waals surface area contributed by atoms with E-state index >= 15 is 0 Å². The molecule has 0 aromatic rings. The zero-order valence-corrected chi connectivity index (χ0v) is 9.58. The minimum Gasteiger partial charge on any atom is -0.337 e. The lowest BCUT2D eigenvalue weighted by Crippen LogP contribution is -2.44. The van der Waals surface area contributed by atoms with Crippen LogP contribution < -0.4 is 5.32 Å². The Bertz CT molecular complexity index is 239. The van der Waals surface area contributed by atoms with Crippen LogP contribution in [-0.2, 0) is 4.79 Å². The Labute approximate surface area is 91.0 Å². The Morgan fingerprint density at radius 3 is 2.80 bits per heavy atom. The predicted octanol–water partition coefficient (Wildman–Crippen LogP) is 1.75. The van der Waals surface area contributed by atoms with Gasteiger partial charge in [0.05, 0.1) is 0 Å². The Morgan fingerprint density at radius 1 is 1.40 bits per heavy atom. The lowest BCUT2D eigenvalue weighted by atomic mass is 10.2. The van der Waals surface area contributed by atoms with Crippen LogP contribution in [0.4, 0.5) is 4.79 Å². The highest BCUT2D eigenvalue weighted by atomic mass is 16.2. The number of carbonyl (C=O) groups excluding carboxylic acids is 2. The van der Waals surface area contributed by atoms with Gasteiger partial charge in [0.2, 0.25) is 5.91 Å². The summed E-state index contributed by atoms with van der Waals surface area (Å²) in [7, 11) is 0. The molecule has 15 heavy (non-hydrogen) atoms. The van der Waals surface area contributed by atoms with Crippen LogP contribution in [0.15, 0.2) is 0 Å². The number of urea groups is 1. The normalized spacial score (nSPS) is 17.8. The second kappa shape index (κ2) is 5.73. The van der Waals surface area contributed by atoms with Gasteiger partial charge in [0.25, 0.3) is 0 Å². The zero-order chi connectivity index (χ0) is 11.3. The van der Waals surface area contributed by atoms with E-state index in [2.05, 4.69) is 5.32 Å². The highest BCUT2D eigenvalue weighted by Gasteiger charge is 2.22. The molecule has 0 aliphatic carbocycles. The minimum absolute atomic E-state index is 0.0336. The lowest BCUT2D eigenvalue weighted by molar-refractivity contribution is -0.127. The predicted molar refractivity (Wildman–Crippen MR) is 58.4 cm³/mol. The molecule has 0 radical (unpaired) electrons. The Hall–Kier alpha value is -1.06. The third-order valence-electron chi connectivity index (χ3n) is 2.48. The van der Waals surface area contributed by atoms with E-state index in [1.54, 1.807) is 0 Å². The van der Waals surface area contributed by atoms with Crippen LogP contribution in [-0.4, -0.2) is 29.9 Å². The highest BCUT2D eigenvalue weighted by Crippen LogP contribution is 2.11. The SMILES string of the molecule is CC(C)CNC(=O)N1CCCCCC1=O. The fourth-order valence-electron chi connectivity index (χ4n) is 1.58. The number of nitrogens with one attached hydrogen (secondary N) is 1. The first-order valence-electron chi connectivity index (χ1n) is 5.69. The number of carbonyl (C=O) groups is 2. The molecular formula is C11H20N2O2. The first-order chi connectivity index (χ1) is 7.11. The molecule has 1 heterocycles. The second-order valence-corrected chi connectivity index (χ2v) is 4.44. The van der Waals surface area contributed by atoms with Crippen LogP contribution in [0.5, 0.6) is 0 Å². The Kier molecular flexibility index (Phi) is 4.59. The van der Waals surface area contributed by atoms with Crippen molar-refractivity contribution in [1.29, 1.82) is 0 Å². The number of likely N-dealkylation sites (tertiary alicyclic amines) is 1. The number of rotatable bonds is 2. The van der Waals surface area contributed by atoms with Crippen molar-refractivity contribution in [2.75, 3.05) is 13.1 Å². The lowest BCUT2D eigenvalue weighted by Gasteiger charge is -2.19. The van der Waals surface area contributed by atoms with E-state index in [0.717, 1.165) is 19.3 Å². The van der Waals surface area contributed by atoms with Gasteiger partial charge in [0.15, 0.2) is 0 Å². The molecule has 0 spiro atoms. The van der Waals surface area contributed by atoms with Crippen molar-refractivity contribution in [3.05, 3.63) is 0 Å². The molecule has 86 valence electrons. The van der Waals surface area contributed by atoms with Crippen LogP contribution in [0.3, 0.4) is 0 Å². The molecule has 1 aliphatic rings. The topological polar surface area (TPSA) is 49.4 Å². The van der Waals surface area contributed by atoms with E-state index in [9.17, 15) is 9.59 Å². The van der Waals surface area contributed by atoms with Crippen LogP contribution >= 0.6 is 0 Å². The number of hydrogen-bond acceptors (Lipinski definition) is 2. The molecule has 1 N–H and O–H groups in total. The van der Waals surface area contributed by atoms with Crippen molar-refractivity contribution >= 4 is 11.9 Å². The van der Waals surface area contributed by atoms with E-state index < -0.39 is 0 Å². The molecule has 0 bridgehead atoms. The second-order valence-electron chi connectivity index (χ2n) is 4.44. The fourth-order valence-corrected chi connectivity index (χ4v) is 1.58. The summed E-state index contributed by atoms with van der Waals surface area (Å²) in [6.07, 6.45) is 3.39. The maximum absolute atomic E-state index is 11.7. The average molecular weight is 212 g/mol. The van der Waals surface area contributed by atoms with Crippen LogP contribution in [0.25, 0.3) is 0 Å². The van der Waals surface area contributed by atoms with Crippen molar-refractivity contribution in [3.63, 3.8) is 0 Å². The summed E-state index contributed by atoms with van der Waals surface area (Å²) in [5.74, 6) is 0.379. The summed E-state index contributed by atoms with van der Waals surface area (Å²) in [4.78, 5) is 24.6. The van der Waals surface area contributed by atoms with Gasteiger partial charge >= 0.3 is 6.03 Å². The van der Waals surface area contributed by atoms with Crippen LogP contribution in [0.2, 0.25) is 0 Å². The Morgan fingerprint density at radius 2 is 2.13 bits per heavy atom. The molecule has 0 unspecified atom stereocenters. The summed E-state index contributed by atoms with van der Waals surface area (Å²) in [6, 6.07) is -0.226. The van der Waals surface area contributed by atoms with E-state index in [1.807, 2.05) is 13.8 Å². The smallest absolute Gasteiger partial charge is 0.324 e. The molecule has 0 aromatic heterocycles. The molecule has 1 rings (SSSR count). The number of nitrogens with zero attached hydrogens (tertiary/aromatic N) is 1. The summed E-state index contributed by atoms with van der Waals surface area (Å²) in [5, 5.41) is 2.78.